The molecular weight excluding hydrogens is 279 g/mol. The molecule has 0 aliphatic rings. The molecule has 5 heteroatoms. The van der Waals surface area contributed by atoms with E-state index in [1.165, 1.54) is 6.07 Å². The van der Waals surface area contributed by atoms with E-state index in [9.17, 15) is 18.0 Å². The summed E-state index contributed by atoms with van der Waals surface area (Å²) < 4.78 is 40.0. The van der Waals surface area contributed by atoms with E-state index in [4.69, 9.17) is 0 Å². The summed E-state index contributed by atoms with van der Waals surface area (Å²) in [6.07, 6.45) is -1.98. The molecule has 2 nitrogen and oxygen atoms in total. The largest absolute Gasteiger partial charge is 0.416 e. The van der Waals surface area contributed by atoms with Crippen LogP contribution in [0.15, 0.2) is 54.7 Å². The number of alkyl halides is 3. The first-order valence-corrected chi connectivity index (χ1v) is 6.23. The Morgan fingerprint density at radius 3 is 2.52 bits per heavy atom. The van der Waals surface area contributed by atoms with E-state index in [1.54, 1.807) is 41.1 Å². The van der Waals surface area contributed by atoms with Crippen molar-refractivity contribution < 1.29 is 18.0 Å². The van der Waals surface area contributed by atoms with Crippen molar-refractivity contribution in [1.82, 2.24) is 4.57 Å². The monoisotopic (exact) mass is 289 g/mol. The fourth-order valence-corrected chi connectivity index (χ4v) is 2.28. The fourth-order valence-electron chi connectivity index (χ4n) is 2.28. The molecule has 3 aromatic rings. The summed E-state index contributed by atoms with van der Waals surface area (Å²) in [5.41, 5.74) is 0.879. The minimum Gasteiger partial charge on any atom is -0.317 e. The van der Waals surface area contributed by atoms with Gasteiger partial charge < -0.3 is 4.57 Å². The average Bonchev–Trinajstić information content (AvgIpc) is 2.89. The minimum absolute atomic E-state index is 0.405. The van der Waals surface area contributed by atoms with Crippen LogP contribution in [0.5, 0.6) is 0 Å². The van der Waals surface area contributed by atoms with Crippen molar-refractivity contribution in [1.29, 1.82) is 0 Å². The number of carbonyl (C=O) groups excluding carboxylic acids is 1. The van der Waals surface area contributed by atoms with E-state index in [-0.39, 0.29) is 0 Å². The molecule has 106 valence electrons. The molecule has 1 heterocycles. The van der Waals surface area contributed by atoms with Gasteiger partial charge in [0.2, 0.25) is 0 Å². The van der Waals surface area contributed by atoms with E-state index in [2.05, 4.69) is 0 Å². The number of aldehydes is 1. The predicted molar refractivity (Wildman–Crippen MR) is 73.7 cm³/mol. The maximum Gasteiger partial charge on any atom is 0.416 e. The Balaban J connectivity index is 2.18. The number of rotatable bonds is 2. The summed E-state index contributed by atoms with van der Waals surface area (Å²) in [6.45, 7) is 0. The summed E-state index contributed by atoms with van der Waals surface area (Å²) in [5.74, 6) is 0. The summed E-state index contributed by atoms with van der Waals surface area (Å²) in [6, 6.07) is 12.0. The third-order valence-corrected chi connectivity index (χ3v) is 3.30. The van der Waals surface area contributed by atoms with Gasteiger partial charge in [0, 0.05) is 17.4 Å². The van der Waals surface area contributed by atoms with Gasteiger partial charge in [0.25, 0.3) is 0 Å². The summed E-state index contributed by atoms with van der Waals surface area (Å²) in [7, 11) is 0. The zero-order valence-electron chi connectivity index (χ0n) is 10.8. The molecule has 0 N–H and O–H groups in total. The van der Waals surface area contributed by atoms with Gasteiger partial charge in [0.15, 0.2) is 0 Å². The lowest BCUT2D eigenvalue weighted by Gasteiger charge is -2.10. The Bertz CT molecular complexity index is 818. The zero-order chi connectivity index (χ0) is 15.0. The minimum atomic E-state index is -4.38. The molecule has 1 aromatic heterocycles. The first-order valence-electron chi connectivity index (χ1n) is 6.23. The third kappa shape index (κ3) is 2.42. The molecule has 21 heavy (non-hydrogen) atoms. The Morgan fingerprint density at radius 2 is 1.81 bits per heavy atom. The van der Waals surface area contributed by atoms with E-state index >= 15 is 0 Å². The highest BCUT2D eigenvalue weighted by Gasteiger charge is 2.30. The lowest BCUT2D eigenvalue weighted by Crippen LogP contribution is -2.05. The Morgan fingerprint density at radius 1 is 1.00 bits per heavy atom. The summed E-state index contributed by atoms with van der Waals surface area (Å²) in [5, 5.41) is 0.859. The standard InChI is InChI=1S/C16H10F3NO/c17-16(18,19)13-2-1-3-14(9-13)20-7-6-12-5-4-11(10-21)8-15(12)20/h1-10H. The maximum atomic E-state index is 12.8. The molecule has 0 spiro atoms. The van der Waals surface area contributed by atoms with Crippen LogP contribution in [0.2, 0.25) is 0 Å². The molecule has 0 aliphatic heterocycles. The van der Waals surface area contributed by atoms with Crippen molar-refractivity contribution in [2.45, 2.75) is 6.18 Å². The van der Waals surface area contributed by atoms with Crippen molar-refractivity contribution in [3.05, 3.63) is 65.9 Å². The van der Waals surface area contributed by atoms with Gasteiger partial charge in [0.05, 0.1) is 11.1 Å². The van der Waals surface area contributed by atoms with Crippen molar-refractivity contribution >= 4 is 17.2 Å². The van der Waals surface area contributed by atoms with Crippen LogP contribution in [-0.2, 0) is 6.18 Å². The molecule has 0 aliphatic carbocycles. The number of fused-ring (bicyclic) bond motifs is 1. The predicted octanol–water partition coefficient (Wildman–Crippen LogP) is 4.46. The van der Waals surface area contributed by atoms with Gasteiger partial charge in [0.1, 0.15) is 6.29 Å². The number of nitrogens with zero attached hydrogens (tertiary/aromatic N) is 1. The molecule has 2 aromatic carbocycles. The zero-order valence-corrected chi connectivity index (χ0v) is 10.8. The molecule has 0 amide bonds. The normalized spacial score (nSPS) is 11.8. The first kappa shape index (κ1) is 13.4. The van der Waals surface area contributed by atoms with E-state index in [1.807, 2.05) is 0 Å². The quantitative estimate of drug-likeness (QED) is 0.638. The SMILES string of the molecule is O=Cc1ccc2ccn(-c3cccc(C(F)(F)F)c3)c2c1. The molecule has 0 fully saturated rings. The molecule has 0 unspecified atom stereocenters. The van der Waals surface area contributed by atoms with Crippen LogP contribution in [0, 0.1) is 0 Å². The maximum absolute atomic E-state index is 12.8. The fraction of sp³-hybridized carbons (Fsp3) is 0.0625. The van der Waals surface area contributed by atoms with Crippen LogP contribution in [0.1, 0.15) is 15.9 Å². The highest BCUT2D eigenvalue weighted by Crippen LogP contribution is 2.31. The Labute approximate surface area is 118 Å². The topological polar surface area (TPSA) is 22.0 Å². The van der Waals surface area contributed by atoms with Gasteiger partial charge in [-0.05, 0) is 35.7 Å². The summed E-state index contributed by atoms with van der Waals surface area (Å²) >= 11 is 0. The van der Waals surface area contributed by atoms with E-state index in [0.29, 0.717) is 23.1 Å². The highest BCUT2D eigenvalue weighted by atomic mass is 19.4. The number of halogens is 3. The molecule has 0 atom stereocenters. The van der Waals surface area contributed by atoms with Crippen molar-refractivity contribution in [2.75, 3.05) is 0 Å². The van der Waals surface area contributed by atoms with Crippen molar-refractivity contribution in [2.24, 2.45) is 0 Å². The Kier molecular flexibility index (Phi) is 3.05. The van der Waals surface area contributed by atoms with E-state index < -0.39 is 11.7 Å². The smallest absolute Gasteiger partial charge is 0.317 e. The van der Waals surface area contributed by atoms with Crippen LogP contribution < -0.4 is 0 Å². The van der Waals surface area contributed by atoms with Crippen LogP contribution >= 0.6 is 0 Å². The second-order valence-corrected chi connectivity index (χ2v) is 4.67. The van der Waals surface area contributed by atoms with Crippen molar-refractivity contribution in [3.63, 3.8) is 0 Å². The average molecular weight is 289 g/mol. The van der Waals surface area contributed by atoms with Crippen LogP contribution in [0.3, 0.4) is 0 Å². The number of hydrogen-bond acceptors (Lipinski definition) is 1. The van der Waals surface area contributed by atoms with Gasteiger partial charge in [-0.25, -0.2) is 0 Å². The number of carbonyl (C=O) groups is 1. The third-order valence-electron chi connectivity index (χ3n) is 3.30. The number of hydrogen-bond donors (Lipinski definition) is 0. The number of aromatic nitrogens is 1. The second kappa shape index (κ2) is 4.77. The lowest BCUT2D eigenvalue weighted by molar-refractivity contribution is -0.137. The van der Waals surface area contributed by atoms with Crippen molar-refractivity contribution in [3.8, 4) is 5.69 Å². The second-order valence-electron chi connectivity index (χ2n) is 4.67. The molecule has 0 saturated carbocycles. The van der Waals surface area contributed by atoms with E-state index in [0.717, 1.165) is 17.5 Å². The summed E-state index contributed by atoms with van der Waals surface area (Å²) in [4.78, 5) is 10.8. The van der Waals surface area contributed by atoms with Crippen LogP contribution in [-0.4, -0.2) is 10.9 Å². The molecule has 3 rings (SSSR count). The molecule has 0 radical (unpaired) electrons. The highest BCUT2D eigenvalue weighted by molar-refractivity contribution is 5.88. The molecule has 0 bridgehead atoms. The molecule has 0 saturated heterocycles. The van der Waals surface area contributed by atoms with Gasteiger partial charge in [-0.15, -0.1) is 0 Å². The number of benzene rings is 2. The van der Waals surface area contributed by atoms with Crippen LogP contribution in [0.4, 0.5) is 13.2 Å². The van der Waals surface area contributed by atoms with Gasteiger partial charge in [-0.1, -0.05) is 18.2 Å². The first-order chi connectivity index (χ1) is 9.99. The van der Waals surface area contributed by atoms with Gasteiger partial charge in [-0.2, -0.15) is 13.2 Å². The lowest BCUT2D eigenvalue weighted by atomic mass is 10.1. The Hall–Kier alpha value is -2.56. The van der Waals surface area contributed by atoms with Gasteiger partial charge >= 0.3 is 6.18 Å². The van der Waals surface area contributed by atoms with Crippen LogP contribution in [0.25, 0.3) is 16.6 Å². The molecular formula is C16H10F3NO. The van der Waals surface area contributed by atoms with Gasteiger partial charge in [-0.3, -0.25) is 4.79 Å².